The third-order valence-electron chi connectivity index (χ3n) is 7.24. The van der Waals surface area contributed by atoms with E-state index in [0.29, 0.717) is 42.7 Å². The summed E-state index contributed by atoms with van der Waals surface area (Å²) in [4.78, 5) is 34.8. The zero-order valence-corrected chi connectivity index (χ0v) is 21.3. The van der Waals surface area contributed by atoms with E-state index in [1.165, 1.54) is 11.1 Å². The molecule has 0 saturated heterocycles. The summed E-state index contributed by atoms with van der Waals surface area (Å²) in [5.74, 6) is 0.644. The standard InChI is InChI=1S/C28H24BrN3O4/c1-28(11-10-24-31-23-14-17(29)15-30-25(23)26(33)32(24)13-12-28)36-27(34)35-16-22-20-8-4-2-6-18(20)19-7-3-5-9-21(19)22/h2-9,14-15,22H,10-13,16H2,1H3. The lowest BCUT2D eigenvalue weighted by Gasteiger charge is -2.27. The molecule has 36 heavy (non-hydrogen) atoms. The number of hydrogen-bond acceptors (Lipinski definition) is 6. The van der Waals surface area contributed by atoms with Crippen LogP contribution in [-0.2, 0) is 22.4 Å². The predicted octanol–water partition coefficient (Wildman–Crippen LogP) is 5.61. The van der Waals surface area contributed by atoms with E-state index in [1.54, 1.807) is 16.8 Å². The normalized spacial score (nSPS) is 18.7. The minimum Gasteiger partial charge on any atom is -0.433 e. The van der Waals surface area contributed by atoms with Crippen LogP contribution in [0.25, 0.3) is 22.2 Å². The van der Waals surface area contributed by atoms with E-state index in [0.717, 1.165) is 15.6 Å². The summed E-state index contributed by atoms with van der Waals surface area (Å²) in [6.45, 7) is 2.48. The first-order chi connectivity index (χ1) is 17.4. The lowest BCUT2D eigenvalue weighted by Crippen LogP contribution is -2.33. The second-order valence-electron chi connectivity index (χ2n) is 9.60. The number of halogens is 1. The van der Waals surface area contributed by atoms with Gasteiger partial charge in [-0.25, -0.2) is 14.8 Å². The van der Waals surface area contributed by atoms with Crippen LogP contribution >= 0.6 is 15.9 Å². The average Bonchev–Trinajstić information content (AvgIpc) is 3.09. The highest BCUT2D eigenvalue weighted by molar-refractivity contribution is 9.10. The van der Waals surface area contributed by atoms with E-state index in [2.05, 4.69) is 50.2 Å². The van der Waals surface area contributed by atoms with Gasteiger partial charge in [0.2, 0.25) is 0 Å². The molecule has 182 valence electrons. The van der Waals surface area contributed by atoms with Crippen LogP contribution in [0.15, 0.2) is 70.1 Å². The average molecular weight is 546 g/mol. The fourth-order valence-electron chi connectivity index (χ4n) is 5.32. The number of carbonyl (C=O) groups is 1. The SMILES string of the molecule is CC1(OC(=O)OCC2c3ccccc3-c3ccccc32)CCc2nc3cc(Br)cnc3c(=O)n2CC1. The highest BCUT2D eigenvalue weighted by Crippen LogP contribution is 2.44. The third kappa shape index (κ3) is 3.99. The number of aryl methyl sites for hydroxylation is 1. The van der Waals surface area contributed by atoms with Gasteiger partial charge in [0.25, 0.3) is 5.56 Å². The summed E-state index contributed by atoms with van der Waals surface area (Å²) in [6, 6.07) is 18.2. The smallest absolute Gasteiger partial charge is 0.433 e. The number of benzene rings is 2. The summed E-state index contributed by atoms with van der Waals surface area (Å²) in [7, 11) is 0. The van der Waals surface area contributed by atoms with Crippen LogP contribution in [0.4, 0.5) is 4.79 Å². The summed E-state index contributed by atoms with van der Waals surface area (Å²) in [5.41, 5.74) is 4.60. The van der Waals surface area contributed by atoms with E-state index >= 15 is 0 Å². The van der Waals surface area contributed by atoms with Crippen LogP contribution in [0.5, 0.6) is 0 Å². The lowest BCUT2D eigenvalue weighted by atomic mass is 9.97. The van der Waals surface area contributed by atoms with Crippen LogP contribution in [-0.4, -0.2) is 32.9 Å². The van der Waals surface area contributed by atoms with Gasteiger partial charge < -0.3 is 9.47 Å². The van der Waals surface area contributed by atoms with Crippen molar-refractivity contribution in [1.82, 2.24) is 14.5 Å². The van der Waals surface area contributed by atoms with Crippen LogP contribution in [0, 0.1) is 0 Å². The van der Waals surface area contributed by atoms with Crippen LogP contribution < -0.4 is 5.56 Å². The molecule has 2 aromatic carbocycles. The van der Waals surface area contributed by atoms with E-state index in [9.17, 15) is 9.59 Å². The summed E-state index contributed by atoms with van der Waals surface area (Å²) in [5, 5.41) is 0. The topological polar surface area (TPSA) is 83.3 Å². The molecular formula is C28H24BrN3O4. The molecule has 0 spiro atoms. The first-order valence-corrected chi connectivity index (χ1v) is 12.8. The maximum atomic E-state index is 13.0. The number of fused-ring (bicyclic) bond motifs is 5. The molecule has 1 atom stereocenters. The second-order valence-corrected chi connectivity index (χ2v) is 10.5. The van der Waals surface area contributed by atoms with Crippen molar-refractivity contribution in [3.63, 3.8) is 0 Å². The largest absolute Gasteiger partial charge is 0.508 e. The van der Waals surface area contributed by atoms with Crippen LogP contribution in [0.3, 0.4) is 0 Å². The van der Waals surface area contributed by atoms with E-state index in [4.69, 9.17) is 9.47 Å². The quantitative estimate of drug-likeness (QED) is 0.311. The summed E-state index contributed by atoms with van der Waals surface area (Å²) < 4.78 is 13.9. The Balaban J connectivity index is 1.16. The molecular weight excluding hydrogens is 522 g/mol. The van der Waals surface area contributed by atoms with Crippen molar-refractivity contribution in [1.29, 1.82) is 0 Å². The number of pyridine rings is 1. The molecule has 0 amide bonds. The fourth-order valence-corrected chi connectivity index (χ4v) is 5.64. The van der Waals surface area contributed by atoms with Gasteiger partial charge in [0, 0.05) is 36.0 Å². The molecule has 1 aliphatic heterocycles. The number of carbonyl (C=O) groups excluding carboxylic acids is 1. The van der Waals surface area contributed by atoms with Crippen LogP contribution in [0.2, 0.25) is 0 Å². The number of ether oxygens (including phenoxy) is 2. The second kappa shape index (κ2) is 8.85. The Hall–Kier alpha value is -3.52. The Kier molecular flexibility index (Phi) is 5.63. The third-order valence-corrected chi connectivity index (χ3v) is 7.68. The van der Waals surface area contributed by atoms with Gasteiger partial charge in [0.1, 0.15) is 18.0 Å². The predicted molar refractivity (Wildman–Crippen MR) is 139 cm³/mol. The first kappa shape index (κ1) is 22.9. The summed E-state index contributed by atoms with van der Waals surface area (Å²) in [6.07, 6.45) is 2.43. The molecule has 8 heteroatoms. The molecule has 6 rings (SSSR count). The zero-order valence-electron chi connectivity index (χ0n) is 19.7. The fraction of sp³-hybridized carbons (Fsp3) is 0.286. The highest BCUT2D eigenvalue weighted by atomic mass is 79.9. The molecule has 2 aliphatic rings. The van der Waals surface area contributed by atoms with E-state index in [1.807, 2.05) is 31.2 Å². The van der Waals surface area contributed by atoms with Gasteiger partial charge >= 0.3 is 6.16 Å². The molecule has 2 aromatic heterocycles. The zero-order chi connectivity index (χ0) is 24.9. The minimum atomic E-state index is -0.775. The van der Waals surface area contributed by atoms with Crippen molar-refractivity contribution in [3.8, 4) is 11.1 Å². The van der Waals surface area contributed by atoms with Crippen molar-refractivity contribution in [2.45, 2.75) is 44.2 Å². The molecule has 1 aliphatic carbocycles. The van der Waals surface area contributed by atoms with Crippen molar-refractivity contribution in [2.24, 2.45) is 0 Å². The van der Waals surface area contributed by atoms with Gasteiger partial charge in [-0.05, 0) is 57.6 Å². The molecule has 0 bridgehead atoms. The molecule has 3 heterocycles. The lowest BCUT2D eigenvalue weighted by molar-refractivity contribution is -0.0349. The van der Waals surface area contributed by atoms with E-state index in [-0.39, 0.29) is 18.1 Å². The van der Waals surface area contributed by atoms with Crippen LogP contribution in [0.1, 0.15) is 42.6 Å². The minimum absolute atomic E-state index is 0.0295. The van der Waals surface area contributed by atoms with Gasteiger partial charge in [-0.2, -0.15) is 0 Å². The molecule has 0 fully saturated rings. The number of aromatic nitrogens is 3. The molecule has 7 nitrogen and oxygen atoms in total. The molecule has 0 saturated carbocycles. The maximum Gasteiger partial charge on any atom is 0.508 e. The van der Waals surface area contributed by atoms with Crippen molar-refractivity contribution >= 4 is 33.1 Å². The van der Waals surface area contributed by atoms with Gasteiger partial charge in [-0.1, -0.05) is 48.5 Å². The van der Waals surface area contributed by atoms with Gasteiger partial charge in [0.15, 0.2) is 5.52 Å². The Morgan fingerprint density at radius 3 is 2.53 bits per heavy atom. The monoisotopic (exact) mass is 545 g/mol. The van der Waals surface area contributed by atoms with E-state index < -0.39 is 11.8 Å². The van der Waals surface area contributed by atoms with Crippen molar-refractivity contribution in [2.75, 3.05) is 6.61 Å². The first-order valence-electron chi connectivity index (χ1n) is 12.0. The summed E-state index contributed by atoms with van der Waals surface area (Å²) >= 11 is 3.39. The molecule has 4 aromatic rings. The number of rotatable bonds is 3. The van der Waals surface area contributed by atoms with Gasteiger partial charge in [-0.3, -0.25) is 9.36 Å². The Labute approximate surface area is 216 Å². The van der Waals surface area contributed by atoms with Crippen molar-refractivity contribution in [3.05, 3.63) is 92.6 Å². The Bertz CT molecular complexity index is 1520. The van der Waals surface area contributed by atoms with Crippen molar-refractivity contribution < 1.29 is 14.3 Å². The molecule has 0 radical (unpaired) electrons. The number of hydrogen-bond donors (Lipinski definition) is 0. The van der Waals surface area contributed by atoms with Gasteiger partial charge in [0.05, 0.1) is 5.52 Å². The number of nitrogens with zero attached hydrogens (tertiary/aromatic N) is 3. The molecule has 0 N–H and O–H groups in total. The highest BCUT2D eigenvalue weighted by Gasteiger charge is 2.34. The Morgan fingerprint density at radius 2 is 1.81 bits per heavy atom. The molecule has 1 unspecified atom stereocenters. The van der Waals surface area contributed by atoms with Gasteiger partial charge in [-0.15, -0.1) is 0 Å². The maximum absolute atomic E-state index is 13.0. The Morgan fingerprint density at radius 1 is 1.11 bits per heavy atom.